The lowest BCUT2D eigenvalue weighted by molar-refractivity contribution is -0.130. The van der Waals surface area contributed by atoms with Gasteiger partial charge in [0.2, 0.25) is 5.91 Å². The molecule has 1 aliphatic heterocycles. The van der Waals surface area contributed by atoms with Crippen LogP contribution >= 0.6 is 0 Å². The number of aromatic nitrogens is 2. The third kappa shape index (κ3) is 2.71. The molecule has 1 unspecified atom stereocenters. The predicted octanol–water partition coefficient (Wildman–Crippen LogP) is -0.216. The lowest BCUT2D eigenvalue weighted by Crippen LogP contribution is -2.48. The van der Waals surface area contributed by atoms with Crippen LogP contribution in [-0.2, 0) is 9.53 Å². The maximum atomic E-state index is 11.1. The molecule has 92 valence electrons. The highest BCUT2D eigenvalue weighted by atomic mass is 16.5. The van der Waals surface area contributed by atoms with Crippen molar-refractivity contribution in [1.29, 1.82) is 0 Å². The van der Waals surface area contributed by atoms with E-state index < -0.39 is 12.0 Å². The molecule has 2 heterocycles. The Kier molecular flexibility index (Phi) is 3.23. The van der Waals surface area contributed by atoms with E-state index in [9.17, 15) is 4.79 Å². The predicted molar refractivity (Wildman–Crippen MR) is 62.7 cm³/mol. The minimum absolute atomic E-state index is 0.433. The number of anilines is 1. The number of aryl methyl sites for hydroxylation is 2. The molecule has 6 nitrogen and oxygen atoms in total. The van der Waals surface area contributed by atoms with Crippen molar-refractivity contribution in [2.45, 2.75) is 20.0 Å². The van der Waals surface area contributed by atoms with Crippen LogP contribution in [0.4, 0.5) is 5.82 Å². The van der Waals surface area contributed by atoms with Crippen molar-refractivity contribution in [3.05, 3.63) is 17.6 Å². The lowest BCUT2D eigenvalue weighted by atomic mass is 10.2. The largest absolute Gasteiger partial charge is 0.367 e. The number of morpholine rings is 1. The van der Waals surface area contributed by atoms with Crippen LogP contribution in [0.1, 0.15) is 11.5 Å². The number of ether oxygens (including phenoxy) is 1. The Morgan fingerprint density at radius 1 is 1.53 bits per heavy atom. The molecule has 0 saturated carbocycles. The average Bonchev–Trinajstić information content (AvgIpc) is 2.28. The van der Waals surface area contributed by atoms with Gasteiger partial charge in [0.25, 0.3) is 0 Å². The third-order valence-electron chi connectivity index (χ3n) is 2.66. The van der Waals surface area contributed by atoms with Crippen LogP contribution in [0.3, 0.4) is 0 Å². The number of nitrogens with zero attached hydrogens (tertiary/aromatic N) is 3. The Labute approximate surface area is 99.8 Å². The van der Waals surface area contributed by atoms with E-state index in [0.717, 1.165) is 17.3 Å². The summed E-state index contributed by atoms with van der Waals surface area (Å²) in [6.07, 6.45) is -0.556. The fraction of sp³-hybridized carbons (Fsp3) is 0.545. The Balaban J connectivity index is 2.18. The van der Waals surface area contributed by atoms with Crippen molar-refractivity contribution in [3.63, 3.8) is 0 Å². The third-order valence-corrected chi connectivity index (χ3v) is 2.66. The Morgan fingerprint density at radius 3 is 2.94 bits per heavy atom. The Bertz CT molecular complexity index is 415. The summed E-state index contributed by atoms with van der Waals surface area (Å²) >= 11 is 0. The van der Waals surface area contributed by atoms with Gasteiger partial charge in [-0.15, -0.1) is 0 Å². The summed E-state index contributed by atoms with van der Waals surface area (Å²) in [6, 6.07) is 1.90. The summed E-state index contributed by atoms with van der Waals surface area (Å²) in [4.78, 5) is 21.7. The van der Waals surface area contributed by atoms with E-state index in [4.69, 9.17) is 10.5 Å². The van der Waals surface area contributed by atoms with Gasteiger partial charge in [-0.05, 0) is 13.8 Å². The number of amides is 1. The first-order valence-corrected chi connectivity index (χ1v) is 5.54. The molecule has 1 aliphatic rings. The number of hydrogen-bond donors (Lipinski definition) is 1. The topological polar surface area (TPSA) is 81.3 Å². The summed E-state index contributed by atoms with van der Waals surface area (Å²) in [6.45, 7) is 5.41. The molecule has 1 saturated heterocycles. The maximum Gasteiger partial charge on any atom is 0.248 e. The van der Waals surface area contributed by atoms with Gasteiger partial charge in [0.15, 0.2) is 6.10 Å². The highest BCUT2D eigenvalue weighted by Crippen LogP contribution is 2.16. The van der Waals surface area contributed by atoms with Gasteiger partial charge in [0.05, 0.1) is 13.2 Å². The highest BCUT2D eigenvalue weighted by Gasteiger charge is 2.25. The van der Waals surface area contributed by atoms with Crippen molar-refractivity contribution in [3.8, 4) is 0 Å². The van der Waals surface area contributed by atoms with Gasteiger partial charge in [-0.3, -0.25) is 4.79 Å². The van der Waals surface area contributed by atoms with Gasteiger partial charge in [-0.2, -0.15) is 0 Å². The van der Waals surface area contributed by atoms with Crippen LogP contribution in [0, 0.1) is 13.8 Å². The van der Waals surface area contributed by atoms with E-state index in [1.165, 1.54) is 0 Å². The second-order valence-electron chi connectivity index (χ2n) is 4.12. The average molecular weight is 236 g/mol. The molecular formula is C11H16N4O2. The molecule has 0 bridgehead atoms. The first kappa shape index (κ1) is 11.8. The molecule has 1 aromatic heterocycles. The van der Waals surface area contributed by atoms with Gasteiger partial charge in [-0.1, -0.05) is 0 Å². The number of carbonyl (C=O) groups is 1. The van der Waals surface area contributed by atoms with Crippen LogP contribution < -0.4 is 10.6 Å². The normalized spacial score (nSPS) is 20.4. The molecule has 0 spiro atoms. The maximum absolute atomic E-state index is 11.1. The number of carbonyl (C=O) groups excluding carboxylic acids is 1. The molecule has 0 aromatic carbocycles. The minimum atomic E-state index is -0.556. The molecular weight excluding hydrogens is 220 g/mol. The van der Waals surface area contributed by atoms with Crippen LogP contribution in [0.25, 0.3) is 0 Å². The van der Waals surface area contributed by atoms with Crippen molar-refractivity contribution in [2.24, 2.45) is 5.73 Å². The monoisotopic (exact) mass is 236 g/mol. The van der Waals surface area contributed by atoms with Crippen LogP contribution in [-0.4, -0.2) is 41.7 Å². The van der Waals surface area contributed by atoms with Crippen LogP contribution in [0.5, 0.6) is 0 Å². The molecule has 1 amide bonds. The number of primary amides is 1. The van der Waals surface area contributed by atoms with Gasteiger partial charge in [-0.25, -0.2) is 9.97 Å². The standard InChI is InChI=1S/C11H16N4O2/c1-7-5-10(14-8(2)13-7)15-3-4-17-9(6-15)11(12)16/h5,9H,3-4,6H2,1-2H3,(H2,12,16). The second kappa shape index (κ2) is 4.67. The van der Waals surface area contributed by atoms with Gasteiger partial charge in [0.1, 0.15) is 11.6 Å². The molecule has 0 aliphatic carbocycles. The van der Waals surface area contributed by atoms with Crippen molar-refractivity contribution in [1.82, 2.24) is 9.97 Å². The van der Waals surface area contributed by atoms with Gasteiger partial charge >= 0.3 is 0 Å². The fourth-order valence-corrected chi connectivity index (χ4v) is 1.89. The smallest absolute Gasteiger partial charge is 0.248 e. The molecule has 2 N–H and O–H groups in total. The van der Waals surface area contributed by atoms with E-state index >= 15 is 0 Å². The number of hydrogen-bond acceptors (Lipinski definition) is 5. The van der Waals surface area contributed by atoms with Crippen LogP contribution in [0.15, 0.2) is 6.07 Å². The van der Waals surface area contributed by atoms with Crippen molar-refractivity contribution >= 4 is 11.7 Å². The molecule has 0 radical (unpaired) electrons. The molecule has 1 atom stereocenters. The number of nitrogens with two attached hydrogens (primary N) is 1. The summed E-state index contributed by atoms with van der Waals surface area (Å²) in [5, 5.41) is 0. The highest BCUT2D eigenvalue weighted by molar-refractivity contribution is 5.79. The zero-order valence-electron chi connectivity index (χ0n) is 10.0. The molecule has 6 heteroatoms. The second-order valence-corrected chi connectivity index (χ2v) is 4.12. The minimum Gasteiger partial charge on any atom is -0.367 e. The zero-order chi connectivity index (χ0) is 12.4. The van der Waals surface area contributed by atoms with Crippen molar-refractivity contribution < 1.29 is 9.53 Å². The fourth-order valence-electron chi connectivity index (χ4n) is 1.89. The first-order valence-electron chi connectivity index (χ1n) is 5.54. The Hall–Kier alpha value is -1.69. The summed E-state index contributed by atoms with van der Waals surface area (Å²) in [5.74, 6) is 1.11. The lowest BCUT2D eigenvalue weighted by Gasteiger charge is -2.32. The molecule has 1 fully saturated rings. The van der Waals surface area contributed by atoms with E-state index in [-0.39, 0.29) is 0 Å². The van der Waals surface area contributed by atoms with Gasteiger partial charge in [0, 0.05) is 18.3 Å². The SMILES string of the molecule is Cc1cc(N2CCOC(C(N)=O)C2)nc(C)n1. The summed E-state index contributed by atoms with van der Waals surface area (Å²) in [5.41, 5.74) is 6.16. The van der Waals surface area contributed by atoms with E-state index in [1.807, 2.05) is 24.8 Å². The molecule has 17 heavy (non-hydrogen) atoms. The van der Waals surface area contributed by atoms with E-state index in [0.29, 0.717) is 19.7 Å². The van der Waals surface area contributed by atoms with Crippen molar-refractivity contribution in [2.75, 3.05) is 24.6 Å². The summed E-state index contributed by atoms with van der Waals surface area (Å²) < 4.78 is 5.29. The van der Waals surface area contributed by atoms with Gasteiger partial charge < -0.3 is 15.4 Å². The zero-order valence-corrected chi connectivity index (χ0v) is 10.0. The van der Waals surface area contributed by atoms with Crippen LogP contribution in [0.2, 0.25) is 0 Å². The van der Waals surface area contributed by atoms with E-state index in [2.05, 4.69) is 9.97 Å². The summed E-state index contributed by atoms with van der Waals surface area (Å²) in [7, 11) is 0. The Morgan fingerprint density at radius 2 is 2.29 bits per heavy atom. The quantitative estimate of drug-likeness (QED) is 0.768. The molecule has 2 rings (SSSR count). The first-order chi connectivity index (χ1) is 8.06. The van der Waals surface area contributed by atoms with E-state index in [1.54, 1.807) is 0 Å². The number of rotatable bonds is 2. The molecule has 1 aromatic rings.